The van der Waals surface area contributed by atoms with Gasteiger partial charge in [0.1, 0.15) is 6.61 Å². The van der Waals surface area contributed by atoms with Crippen LogP contribution in [0.1, 0.15) is 37.7 Å². The van der Waals surface area contributed by atoms with Gasteiger partial charge < -0.3 is 15.4 Å². The molecule has 22 heavy (non-hydrogen) atoms. The van der Waals surface area contributed by atoms with Gasteiger partial charge in [0.05, 0.1) is 0 Å². The van der Waals surface area contributed by atoms with E-state index in [0.717, 1.165) is 24.4 Å². The Hall–Kier alpha value is -1.55. The number of carbonyl (C=O) groups is 1. The Morgan fingerprint density at radius 1 is 1.23 bits per heavy atom. The lowest BCUT2D eigenvalue weighted by atomic mass is 9.57. The normalized spacial score (nSPS) is 20.4. The highest BCUT2D eigenvalue weighted by molar-refractivity contribution is 5.67. The summed E-state index contributed by atoms with van der Waals surface area (Å²) in [5, 5.41) is 6.30. The summed E-state index contributed by atoms with van der Waals surface area (Å²) in [7, 11) is 0. The van der Waals surface area contributed by atoms with Crippen LogP contribution in [0.2, 0.25) is 0 Å². The molecule has 1 aromatic carbocycles. The van der Waals surface area contributed by atoms with Crippen molar-refractivity contribution in [3.05, 3.63) is 35.9 Å². The fourth-order valence-electron chi connectivity index (χ4n) is 3.89. The van der Waals surface area contributed by atoms with Crippen molar-refractivity contribution in [1.82, 2.24) is 10.6 Å². The number of ether oxygens (including phenoxy) is 1. The van der Waals surface area contributed by atoms with Crippen molar-refractivity contribution in [3.8, 4) is 0 Å². The Kier molecular flexibility index (Phi) is 4.98. The predicted molar refractivity (Wildman–Crippen MR) is 86.5 cm³/mol. The highest BCUT2D eigenvalue weighted by Gasteiger charge is 2.43. The molecule has 1 heterocycles. The predicted octanol–water partition coefficient (Wildman–Crippen LogP) is 3.08. The van der Waals surface area contributed by atoms with Crippen LogP contribution in [0.3, 0.4) is 0 Å². The molecule has 0 bridgehead atoms. The van der Waals surface area contributed by atoms with E-state index >= 15 is 0 Å². The van der Waals surface area contributed by atoms with Crippen molar-refractivity contribution < 1.29 is 9.53 Å². The van der Waals surface area contributed by atoms with Crippen molar-refractivity contribution >= 4 is 6.09 Å². The summed E-state index contributed by atoms with van der Waals surface area (Å²) in [5.74, 6) is 0.785. The van der Waals surface area contributed by atoms with Crippen LogP contribution < -0.4 is 10.6 Å². The summed E-state index contributed by atoms with van der Waals surface area (Å²) in [6.45, 7) is 3.42. The maximum atomic E-state index is 11.7. The molecule has 1 amide bonds. The molecule has 2 fully saturated rings. The van der Waals surface area contributed by atoms with Gasteiger partial charge in [0.15, 0.2) is 0 Å². The first-order chi connectivity index (χ1) is 10.8. The van der Waals surface area contributed by atoms with Crippen LogP contribution in [-0.2, 0) is 11.3 Å². The van der Waals surface area contributed by atoms with Crippen molar-refractivity contribution in [2.45, 2.75) is 38.7 Å². The van der Waals surface area contributed by atoms with E-state index in [2.05, 4.69) is 10.6 Å². The van der Waals surface area contributed by atoms with Crippen LogP contribution >= 0.6 is 0 Å². The molecular weight excluding hydrogens is 276 g/mol. The van der Waals surface area contributed by atoms with Gasteiger partial charge in [-0.05, 0) is 62.1 Å². The van der Waals surface area contributed by atoms with Gasteiger partial charge in [-0.15, -0.1) is 0 Å². The number of hydrogen-bond donors (Lipinski definition) is 2. The first-order valence-electron chi connectivity index (χ1n) is 8.41. The first kappa shape index (κ1) is 15.3. The van der Waals surface area contributed by atoms with Crippen LogP contribution in [-0.4, -0.2) is 25.7 Å². The number of nitrogens with one attached hydrogen (secondary N) is 2. The second-order valence-electron chi connectivity index (χ2n) is 6.80. The topological polar surface area (TPSA) is 50.4 Å². The molecule has 1 aliphatic carbocycles. The molecule has 0 radical (unpaired) electrons. The number of amides is 1. The third kappa shape index (κ3) is 4.01. The first-order valence-corrected chi connectivity index (χ1v) is 8.41. The summed E-state index contributed by atoms with van der Waals surface area (Å²) in [4.78, 5) is 11.7. The average molecular weight is 302 g/mol. The molecule has 2 aliphatic rings. The van der Waals surface area contributed by atoms with E-state index < -0.39 is 0 Å². The van der Waals surface area contributed by atoms with Crippen molar-refractivity contribution in [2.75, 3.05) is 19.6 Å². The fraction of sp³-hybridized carbons (Fsp3) is 0.611. The van der Waals surface area contributed by atoms with Crippen LogP contribution in [0.5, 0.6) is 0 Å². The monoisotopic (exact) mass is 302 g/mol. The minimum atomic E-state index is -0.306. The van der Waals surface area contributed by atoms with Gasteiger partial charge in [-0.25, -0.2) is 4.79 Å². The summed E-state index contributed by atoms with van der Waals surface area (Å²) in [6.07, 6.45) is 6.12. The molecule has 120 valence electrons. The maximum Gasteiger partial charge on any atom is 0.407 e. The third-order valence-electron chi connectivity index (χ3n) is 5.14. The smallest absolute Gasteiger partial charge is 0.407 e. The third-order valence-corrected chi connectivity index (χ3v) is 5.14. The van der Waals surface area contributed by atoms with E-state index in [0.29, 0.717) is 12.0 Å². The Balaban J connectivity index is 1.27. The Morgan fingerprint density at radius 3 is 2.68 bits per heavy atom. The molecule has 4 nitrogen and oxygen atoms in total. The largest absolute Gasteiger partial charge is 0.445 e. The Labute approximate surface area is 132 Å². The Morgan fingerprint density at radius 2 is 1.95 bits per heavy atom. The van der Waals surface area contributed by atoms with E-state index in [1.54, 1.807) is 0 Å². The van der Waals surface area contributed by atoms with Gasteiger partial charge in [-0.3, -0.25) is 0 Å². The molecule has 1 saturated heterocycles. The lowest BCUT2D eigenvalue weighted by molar-refractivity contribution is 0.0177. The minimum Gasteiger partial charge on any atom is -0.445 e. The molecule has 2 N–H and O–H groups in total. The van der Waals surface area contributed by atoms with E-state index in [1.165, 1.54) is 38.8 Å². The van der Waals surface area contributed by atoms with Gasteiger partial charge in [-0.2, -0.15) is 0 Å². The second-order valence-corrected chi connectivity index (χ2v) is 6.80. The number of alkyl carbamates (subject to hydrolysis) is 1. The number of carbonyl (C=O) groups excluding carboxylic acids is 1. The molecule has 3 rings (SSSR count). The quantitative estimate of drug-likeness (QED) is 0.879. The van der Waals surface area contributed by atoms with Crippen LogP contribution in [0.4, 0.5) is 4.79 Å². The molecule has 1 aliphatic heterocycles. The van der Waals surface area contributed by atoms with E-state index in [-0.39, 0.29) is 6.09 Å². The van der Waals surface area contributed by atoms with E-state index in [4.69, 9.17) is 4.74 Å². The number of rotatable bonds is 5. The number of hydrogen-bond acceptors (Lipinski definition) is 3. The average Bonchev–Trinajstić information content (AvgIpc) is 2.53. The summed E-state index contributed by atoms with van der Waals surface area (Å²) in [5.41, 5.74) is 1.65. The van der Waals surface area contributed by atoms with Crippen LogP contribution in [0.25, 0.3) is 0 Å². The zero-order valence-corrected chi connectivity index (χ0v) is 13.1. The molecule has 0 aromatic heterocycles. The maximum absolute atomic E-state index is 11.7. The molecule has 1 saturated carbocycles. The van der Waals surface area contributed by atoms with E-state index in [9.17, 15) is 4.79 Å². The van der Waals surface area contributed by atoms with Gasteiger partial charge in [0.25, 0.3) is 0 Å². The molecule has 1 spiro atoms. The SMILES string of the molecule is O=C(NCCC1CC2(CCNCC2)C1)OCc1ccccc1. The number of benzene rings is 1. The zero-order valence-electron chi connectivity index (χ0n) is 13.1. The van der Waals surface area contributed by atoms with Gasteiger partial charge in [0.2, 0.25) is 0 Å². The molecule has 0 unspecified atom stereocenters. The molecular formula is C18H26N2O2. The fourth-order valence-corrected chi connectivity index (χ4v) is 3.89. The van der Waals surface area contributed by atoms with Crippen LogP contribution in [0, 0.1) is 11.3 Å². The highest BCUT2D eigenvalue weighted by Crippen LogP contribution is 2.52. The highest BCUT2D eigenvalue weighted by atomic mass is 16.5. The molecule has 0 atom stereocenters. The second kappa shape index (κ2) is 7.14. The Bertz CT molecular complexity index is 475. The summed E-state index contributed by atoms with van der Waals surface area (Å²) >= 11 is 0. The summed E-state index contributed by atoms with van der Waals surface area (Å²) < 4.78 is 5.21. The van der Waals surface area contributed by atoms with Crippen LogP contribution in [0.15, 0.2) is 30.3 Å². The van der Waals surface area contributed by atoms with Gasteiger partial charge >= 0.3 is 6.09 Å². The van der Waals surface area contributed by atoms with Gasteiger partial charge in [0, 0.05) is 6.54 Å². The minimum absolute atomic E-state index is 0.306. The van der Waals surface area contributed by atoms with E-state index in [1.807, 2.05) is 30.3 Å². The lowest BCUT2D eigenvalue weighted by Crippen LogP contribution is -2.46. The molecule has 4 heteroatoms. The summed E-state index contributed by atoms with van der Waals surface area (Å²) in [6, 6.07) is 9.77. The number of piperidine rings is 1. The lowest BCUT2D eigenvalue weighted by Gasteiger charge is -2.50. The van der Waals surface area contributed by atoms with Gasteiger partial charge in [-0.1, -0.05) is 30.3 Å². The van der Waals surface area contributed by atoms with Crippen molar-refractivity contribution in [3.63, 3.8) is 0 Å². The zero-order chi connectivity index (χ0) is 15.3. The molecule has 1 aromatic rings. The standard InChI is InChI=1S/C18H26N2O2/c21-17(22-14-15-4-2-1-3-5-15)20-9-6-16-12-18(13-16)7-10-19-11-8-18/h1-5,16,19H,6-14H2,(H,20,21). The van der Waals surface area contributed by atoms with Crippen molar-refractivity contribution in [2.24, 2.45) is 11.3 Å². The van der Waals surface area contributed by atoms with Crippen molar-refractivity contribution in [1.29, 1.82) is 0 Å².